The zero-order valence-electron chi connectivity index (χ0n) is 8.07. The summed E-state index contributed by atoms with van der Waals surface area (Å²) in [5, 5.41) is 18.7. The molecule has 0 aromatic rings. The number of nitriles is 1. The molecular formula is C10H17NO2. The van der Waals surface area contributed by atoms with Crippen molar-refractivity contribution in [2.75, 3.05) is 13.2 Å². The molecule has 0 radical (unpaired) electrons. The Labute approximate surface area is 79.3 Å². The van der Waals surface area contributed by atoms with Crippen LogP contribution in [-0.4, -0.2) is 24.4 Å². The van der Waals surface area contributed by atoms with E-state index in [1.54, 1.807) is 0 Å². The van der Waals surface area contributed by atoms with Crippen molar-refractivity contribution in [1.29, 1.82) is 5.26 Å². The fourth-order valence-corrected chi connectivity index (χ4v) is 1.77. The van der Waals surface area contributed by atoms with Gasteiger partial charge in [0.05, 0.1) is 24.7 Å². The van der Waals surface area contributed by atoms with Gasteiger partial charge in [-0.1, -0.05) is 13.3 Å². The molecule has 3 unspecified atom stereocenters. The minimum Gasteiger partial charge on any atom is -0.391 e. The summed E-state index contributed by atoms with van der Waals surface area (Å²) in [6.45, 7) is 3.37. The molecule has 0 aromatic heterocycles. The van der Waals surface area contributed by atoms with Crippen LogP contribution in [0.1, 0.15) is 26.2 Å². The molecule has 0 spiro atoms. The van der Waals surface area contributed by atoms with Crippen LogP contribution in [0.3, 0.4) is 0 Å². The van der Waals surface area contributed by atoms with Crippen molar-refractivity contribution in [2.24, 2.45) is 11.8 Å². The molecule has 1 aliphatic rings. The maximum absolute atomic E-state index is 9.84. The van der Waals surface area contributed by atoms with Crippen LogP contribution in [0, 0.1) is 23.2 Å². The average molecular weight is 183 g/mol. The van der Waals surface area contributed by atoms with Gasteiger partial charge in [0, 0.05) is 12.5 Å². The van der Waals surface area contributed by atoms with E-state index in [0.29, 0.717) is 6.61 Å². The van der Waals surface area contributed by atoms with Gasteiger partial charge in [-0.25, -0.2) is 0 Å². The van der Waals surface area contributed by atoms with Crippen molar-refractivity contribution in [3.8, 4) is 6.07 Å². The van der Waals surface area contributed by atoms with Crippen molar-refractivity contribution >= 4 is 0 Å². The van der Waals surface area contributed by atoms with Gasteiger partial charge in [0.1, 0.15) is 0 Å². The van der Waals surface area contributed by atoms with Crippen LogP contribution in [0.25, 0.3) is 0 Å². The molecule has 1 fully saturated rings. The normalized spacial score (nSPS) is 26.7. The number of nitrogens with zero attached hydrogens (tertiary/aromatic N) is 1. The number of aliphatic hydroxyl groups excluding tert-OH is 1. The van der Waals surface area contributed by atoms with Crippen LogP contribution in [0.4, 0.5) is 0 Å². The molecule has 1 aliphatic heterocycles. The molecule has 0 saturated carbocycles. The summed E-state index contributed by atoms with van der Waals surface area (Å²) < 4.78 is 5.18. The van der Waals surface area contributed by atoms with Crippen molar-refractivity contribution in [1.82, 2.24) is 0 Å². The van der Waals surface area contributed by atoms with Crippen LogP contribution in [-0.2, 0) is 4.74 Å². The Bertz CT molecular complexity index is 182. The minimum absolute atomic E-state index is 0.177. The number of aliphatic hydroxyl groups is 1. The molecule has 1 saturated heterocycles. The zero-order chi connectivity index (χ0) is 9.68. The Hall–Kier alpha value is -0.590. The van der Waals surface area contributed by atoms with E-state index in [4.69, 9.17) is 10.00 Å². The van der Waals surface area contributed by atoms with E-state index < -0.39 is 6.10 Å². The van der Waals surface area contributed by atoms with E-state index in [1.807, 2.05) is 6.92 Å². The third-order valence-electron chi connectivity index (χ3n) is 2.63. The molecular weight excluding hydrogens is 166 g/mol. The Morgan fingerprint density at radius 1 is 1.69 bits per heavy atom. The lowest BCUT2D eigenvalue weighted by Gasteiger charge is -2.20. The average Bonchev–Trinajstić information content (AvgIpc) is 2.65. The van der Waals surface area contributed by atoms with Gasteiger partial charge in [0.2, 0.25) is 0 Å². The Morgan fingerprint density at radius 3 is 2.92 bits per heavy atom. The van der Waals surface area contributed by atoms with Crippen molar-refractivity contribution in [3.63, 3.8) is 0 Å². The second kappa shape index (κ2) is 5.21. The Morgan fingerprint density at radius 2 is 2.46 bits per heavy atom. The van der Waals surface area contributed by atoms with Gasteiger partial charge in [-0.3, -0.25) is 0 Å². The maximum atomic E-state index is 9.84. The van der Waals surface area contributed by atoms with E-state index in [0.717, 1.165) is 25.9 Å². The first-order chi connectivity index (χ1) is 6.29. The van der Waals surface area contributed by atoms with Crippen molar-refractivity contribution in [2.45, 2.75) is 32.3 Å². The second-order valence-corrected chi connectivity index (χ2v) is 3.64. The highest BCUT2D eigenvalue weighted by Gasteiger charge is 2.29. The quantitative estimate of drug-likeness (QED) is 0.715. The van der Waals surface area contributed by atoms with E-state index >= 15 is 0 Å². The molecule has 3 heteroatoms. The largest absolute Gasteiger partial charge is 0.391 e. The maximum Gasteiger partial charge on any atom is 0.0749 e. The van der Waals surface area contributed by atoms with Crippen LogP contribution < -0.4 is 0 Å². The highest BCUT2D eigenvalue weighted by Crippen LogP contribution is 2.24. The van der Waals surface area contributed by atoms with Gasteiger partial charge in [0.25, 0.3) is 0 Å². The highest BCUT2D eigenvalue weighted by molar-refractivity contribution is 4.91. The fraction of sp³-hybridized carbons (Fsp3) is 0.900. The minimum atomic E-state index is -0.493. The van der Waals surface area contributed by atoms with Crippen molar-refractivity contribution < 1.29 is 9.84 Å². The molecule has 74 valence electrons. The molecule has 1 heterocycles. The zero-order valence-corrected chi connectivity index (χ0v) is 8.07. The summed E-state index contributed by atoms with van der Waals surface area (Å²) in [4.78, 5) is 0. The summed E-state index contributed by atoms with van der Waals surface area (Å²) >= 11 is 0. The summed E-state index contributed by atoms with van der Waals surface area (Å²) in [5.41, 5.74) is 0. The van der Waals surface area contributed by atoms with E-state index in [2.05, 4.69) is 6.07 Å². The lowest BCUT2D eigenvalue weighted by Crippen LogP contribution is -2.28. The summed E-state index contributed by atoms with van der Waals surface area (Å²) in [5.74, 6) is -0.0344. The summed E-state index contributed by atoms with van der Waals surface area (Å²) in [7, 11) is 0. The number of hydrogen-bond acceptors (Lipinski definition) is 3. The molecule has 3 nitrogen and oxygen atoms in total. The first kappa shape index (κ1) is 10.5. The SMILES string of the molecule is CCCC(C#N)C(O)C1CCOC1. The van der Waals surface area contributed by atoms with E-state index in [1.165, 1.54) is 0 Å². The molecule has 0 aliphatic carbocycles. The predicted octanol–water partition coefficient (Wildman–Crippen LogP) is 1.32. The van der Waals surface area contributed by atoms with Gasteiger partial charge >= 0.3 is 0 Å². The van der Waals surface area contributed by atoms with Crippen molar-refractivity contribution in [3.05, 3.63) is 0 Å². The van der Waals surface area contributed by atoms with Crippen LogP contribution >= 0.6 is 0 Å². The smallest absolute Gasteiger partial charge is 0.0749 e. The number of rotatable bonds is 4. The van der Waals surface area contributed by atoms with Gasteiger partial charge in [-0.2, -0.15) is 5.26 Å². The van der Waals surface area contributed by atoms with Crippen LogP contribution in [0.2, 0.25) is 0 Å². The number of ether oxygens (including phenoxy) is 1. The van der Waals surface area contributed by atoms with Gasteiger partial charge in [-0.05, 0) is 12.8 Å². The van der Waals surface area contributed by atoms with E-state index in [9.17, 15) is 5.11 Å². The Balaban J connectivity index is 2.43. The number of hydrogen-bond donors (Lipinski definition) is 1. The first-order valence-corrected chi connectivity index (χ1v) is 4.95. The predicted molar refractivity (Wildman–Crippen MR) is 48.9 cm³/mol. The summed E-state index contributed by atoms with van der Waals surface area (Å²) in [6.07, 6.45) is 2.13. The highest BCUT2D eigenvalue weighted by atomic mass is 16.5. The Kier molecular flexibility index (Phi) is 4.20. The fourth-order valence-electron chi connectivity index (χ4n) is 1.77. The first-order valence-electron chi connectivity index (χ1n) is 4.95. The molecule has 0 bridgehead atoms. The molecule has 3 atom stereocenters. The van der Waals surface area contributed by atoms with E-state index in [-0.39, 0.29) is 11.8 Å². The standard InChI is InChI=1S/C10H17NO2/c1-2-3-8(6-11)10(12)9-4-5-13-7-9/h8-10,12H,2-5,7H2,1H3. The third kappa shape index (κ3) is 2.68. The topological polar surface area (TPSA) is 53.2 Å². The van der Waals surface area contributed by atoms with Crippen LogP contribution in [0.15, 0.2) is 0 Å². The second-order valence-electron chi connectivity index (χ2n) is 3.64. The lowest BCUT2D eigenvalue weighted by atomic mass is 9.88. The lowest BCUT2D eigenvalue weighted by molar-refractivity contribution is 0.0586. The van der Waals surface area contributed by atoms with Crippen LogP contribution in [0.5, 0.6) is 0 Å². The summed E-state index contributed by atoms with van der Waals surface area (Å²) in [6, 6.07) is 2.17. The third-order valence-corrected chi connectivity index (χ3v) is 2.63. The van der Waals surface area contributed by atoms with Gasteiger partial charge < -0.3 is 9.84 Å². The van der Waals surface area contributed by atoms with Gasteiger partial charge in [0.15, 0.2) is 0 Å². The monoisotopic (exact) mass is 183 g/mol. The molecule has 1 N–H and O–H groups in total. The molecule has 13 heavy (non-hydrogen) atoms. The molecule has 0 aromatic carbocycles. The molecule has 0 amide bonds. The molecule has 1 rings (SSSR count). The van der Waals surface area contributed by atoms with Gasteiger partial charge in [-0.15, -0.1) is 0 Å².